The Bertz CT molecular complexity index is 729. The standard InChI is InChI=1S/C17H13F4NO/c18-15-13(6-3-7-14(15)17(19,20)21)16(23)22-12-8-10-4-1-2-5-11(10)9-12/h1-7,12H,8-9H2,(H,22,23). The third-order valence-electron chi connectivity index (χ3n) is 3.93. The highest BCUT2D eigenvalue weighted by Crippen LogP contribution is 2.32. The first kappa shape index (κ1) is 15.5. The van der Waals surface area contributed by atoms with Crippen molar-refractivity contribution in [2.75, 3.05) is 0 Å². The smallest absolute Gasteiger partial charge is 0.349 e. The zero-order chi connectivity index (χ0) is 16.6. The zero-order valence-corrected chi connectivity index (χ0v) is 12.0. The normalized spacial score (nSPS) is 14.6. The van der Waals surface area contributed by atoms with Crippen molar-refractivity contribution in [1.29, 1.82) is 0 Å². The van der Waals surface area contributed by atoms with Crippen molar-refractivity contribution in [3.05, 3.63) is 70.5 Å². The molecule has 0 aromatic heterocycles. The van der Waals surface area contributed by atoms with Crippen LogP contribution in [0.15, 0.2) is 42.5 Å². The van der Waals surface area contributed by atoms with Crippen molar-refractivity contribution in [2.45, 2.75) is 25.1 Å². The summed E-state index contributed by atoms with van der Waals surface area (Å²) in [5, 5.41) is 2.62. The molecule has 120 valence electrons. The van der Waals surface area contributed by atoms with E-state index in [-0.39, 0.29) is 6.04 Å². The van der Waals surface area contributed by atoms with Gasteiger partial charge >= 0.3 is 6.18 Å². The average Bonchev–Trinajstić information content (AvgIpc) is 2.88. The van der Waals surface area contributed by atoms with E-state index in [9.17, 15) is 22.4 Å². The first-order valence-corrected chi connectivity index (χ1v) is 7.09. The number of amides is 1. The molecule has 0 aliphatic heterocycles. The number of hydrogen-bond donors (Lipinski definition) is 1. The molecule has 0 saturated heterocycles. The molecular formula is C17H13F4NO. The molecule has 0 unspecified atom stereocenters. The summed E-state index contributed by atoms with van der Waals surface area (Å²) in [5.74, 6) is -2.36. The molecule has 3 rings (SSSR count). The van der Waals surface area contributed by atoms with Gasteiger partial charge in [0.1, 0.15) is 5.82 Å². The van der Waals surface area contributed by atoms with Crippen LogP contribution < -0.4 is 5.32 Å². The van der Waals surface area contributed by atoms with Crippen molar-refractivity contribution in [1.82, 2.24) is 5.32 Å². The minimum absolute atomic E-state index is 0.242. The highest BCUT2D eigenvalue weighted by atomic mass is 19.4. The van der Waals surface area contributed by atoms with E-state index in [4.69, 9.17) is 0 Å². The van der Waals surface area contributed by atoms with Crippen molar-refractivity contribution in [2.24, 2.45) is 0 Å². The van der Waals surface area contributed by atoms with Crippen molar-refractivity contribution in [3.63, 3.8) is 0 Å². The quantitative estimate of drug-likeness (QED) is 0.838. The zero-order valence-electron chi connectivity index (χ0n) is 12.0. The number of carbonyl (C=O) groups excluding carboxylic acids is 1. The van der Waals surface area contributed by atoms with Crippen LogP contribution >= 0.6 is 0 Å². The molecule has 0 radical (unpaired) electrons. The van der Waals surface area contributed by atoms with Gasteiger partial charge in [-0.15, -0.1) is 0 Å². The van der Waals surface area contributed by atoms with E-state index < -0.39 is 29.0 Å². The molecule has 23 heavy (non-hydrogen) atoms. The number of nitrogens with one attached hydrogen (secondary N) is 1. The molecule has 1 aliphatic carbocycles. The molecule has 1 aliphatic rings. The van der Waals surface area contributed by atoms with Crippen LogP contribution in [-0.2, 0) is 19.0 Å². The van der Waals surface area contributed by atoms with E-state index in [1.807, 2.05) is 24.3 Å². The maximum atomic E-state index is 14.0. The Labute approximate surface area is 130 Å². The Hall–Kier alpha value is -2.37. The van der Waals surface area contributed by atoms with Crippen LogP contribution in [-0.4, -0.2) is 11.9 Å². The molecule has 2 aromatic carbocycles. The second-order valence-corrected chi connectivity index (χ2v) is 5.51. The van der Waals surface area contributed by atoms with Gasteiger partial charge in [-0.05, 0) is 36.1 Å². The third-order valence-corrected chi connectivity index (χ3v) is 3.93. The number of carbonyl (C=O) groups is 1. The van der Waals surface area contributed by atoms with Gasteiger partial charge in [0.15, 0.2) is 0 Å². The highest BCUT2D eigenvalue weighted by Gasteiger charge is 2.36. The summed E-state index contributed by atoms with van der Waals surface area (Å²) in [4.78, 5) is 12.1. The van der Waals surface area contributed by atoms with Gasteiger partial charge in [-0.2, -0.15) is 13.2 Å². The van der Waals surface area contributed by atoms with Crippen LogP contribution in [0.25, 0.3) is 0 Å². The van der Waals surface area contributed by atoms with E-state index in [1.165, 1.54) is 0 Å². The molecule has 0 saturated carbocycles. The summed E-state index contributed by atoms with van der Waals surface area (Å²) >= 11 is 0. The minimum Gasteiger partial charge on any atom is -0.349 e. The first-order chi connectivity index (χ1) is 10.9. The first-order valence-electron chi connectivity index (χ1n) is 7.09. The Morgan fingerprint density at radius 1 is 1.00 bits per heavy atom. The summed E-state index contributed by atoms with van der Waals surface area (Å²) in [6.45, 7) is 0. The van der Waals surface area contributed by atoms with Crippen molar-refractivity contribution in [3.8, 4) is 0 Å². The molecular weight excluding hydrogens is 310 g/mol. The predicted octanol–water partition coefficient (Wildman–Crippen LogP) is 3.74. The van der Waals surface area contributed by atoms with Crippen LogP contribution in [0, 0.1) is 5.82 Å². The van der Waals surface area contributed by atoms with Gasteiger partial charge in [0.05, 0.1) is 11.1 Å². The second kappa shape index (κ2) is 5.68. The molecule has 1 N–H and O–H groups in total. The van der Waals surface area contributed by atoms with Gasteiger partial charge in [0, 0.05) is 6.04 Å². The van der Waals surface area contributed by atoms with Crippen LogP contribution in [0.3, 0.4) is 0 Å². The SMILES string of the molecule is O=C(NC1Cc2ccccc2C1)c1cccc(C(F)(F)F)c1F. The Balaban J connectivity index is 1.78. The molecule has 1 amide bonds. The fourth-order valence-corrected chi connectivity index (χ4v) is 2.85. The van der Waals surface area contributed by atoms with Gasteiger partial charge in [0.2, 0.25) is 0 Å². The Morgan fingerprint density at radius 2 is 1.61 bits per heavy atom. The fourth-order valence-electron chi connectivity index (χ4n) is 2.85. The third kappa shape index (κ3) is 3.06. The summed E-state index contributed by atoms with van der Waals surface area (Å²) in [6, 6.07) is 10.1. The largest absolute Gasteiger partial charge is 0.419 e. The van der Waals surface area contributed by atoms with Crippen LogP contribution in [0.5, 0.6) is 0 Å². The molecule has 6 heteroatoms. The van der Waals surface area contributed by atoms with E-state index in [0.29, 0.717) is 18.9 Å². The number of hydrogen-bond acceptors (Lipinski definition) is 1. The second-order valence-electron chi connectivity index (χ2n) is 5.51. The van der Waals surface area contributed by atoms with E-state index in [2.05, 4.69) is 5.32 Å². The molecule has 0 spiro atoms. The van der Waals surface area contributed by atoms with Crippen LogP contribution in [0.1, 0.15) is 27.0 Å². The number of fused-ring (bicyclic) bond motifs is 1. The molecule has 0 fully saturated rings. The maximum absolute atomic E-state index is 14.0. The van der Waals surface area contributed by atoms with Gasteiger partial charge < -0.3 is 5.32 Å². The lowest BCUT2D eigenvalue weighted by Gasteiger charge is -2.14. The maximum Gasteiger partial charge on any atom is 0.419 e. The number of rotatable bonds is 2. The van der Waals surface area contributed by atoms with Gasteiger partial charge in [-0.25, -0.2) is 4.39 Å². The number of benzene rings is 2. The van der Waals surface area contributed by atoms with Gasteiger partial charge in [-0.1, -0.05) is 30.3 Å². The van der Waals surface area contributed by atoms with E-state index in [0.717, 1.165) is 23.3 Å². The number of halogens is 4. The summed E-state index contributed by atoms with van der Waals surface area (Å²) in [6.07, 6.45) is -3.66. The Kier molecular flexibility index (Phi) is 3.83. The lowest BCUT2D eigenvalue weighted by atomic mass is 10.1. The number of alkyl halides is 3. The monoisotopic (exact) mass is 323 g/mol. The van der Waals surface area contributed by atoms with E-state index in [1.54, 1.807) is 0 Å². The van der Waals surface area contributed by atoms with Crippen LogP contribution in [0.4, 0.5) is 17.6 Å². The Morgan fingerprint density at radius 3 is 2.17 bits per heavy atom. The minimum atomic E-state index is -4.83. The molecule has 0 atom stereocenters. The topological polar surface area (TPSA) is 29.1 Å². The molecule has 0 bridgehead atoms. The predicted molar refractivity (Wildman–Crippen MR) is 76.5 cm³/mol. The molecule has 0 heterocycles. The molecule has 2 aromatic rings. The van der Waals surface area contributed by atoms with Crippen LogP contribution in [0.2, 0.25) is 0 Å². The molecule has 2 nitrogen and oxygen atoms in total. The van der Waals surface area contributed by atoms with Crippen molar-refractivity contribution < 1.29 is 22.4 Å². The summed E-state index contributed by atoms with van der Waals surface area (Å²) in [7, 11) is 0. The van der Waals surface area contributed by atoms with E-state index >= 15 is 0 Å². The fraction of sp³-hybridized carbons (Fsp3) is 0.235. The lowest BCUT2D eigenvalue weighted by Crippen LogP contribution is -2.36. The summed E-state index contributed by atoms with van der Waals surface area (Å²) in [5.41, 5.74) is 0.153. The van der Waals surface area contributed by atoms with Crippen molar-refractivity contribution >= 4 is 5.91 Å². The average molecular weight is 323 g/mol. The highest BCUT2D eigenvalue weighted by molar-refractivity contribution is 5.95. The van der Waals surface area contributed by atoms with Gasteiger partial charge in [-0.3, -0.25) is 4.79 Å². The van der Waals surface area contributed by atoms with Gasteiger partial charge in [0.25, 0.3) is 5.91 Å². The lowest BCUT2D eigenvalue weighted by molar-refractivity contribution is -0.140. The summed E-state index contributed by atoms with van der Waals surface area (Å²) < 4.78 is 52.1.